The van der Waals surface area contributed by atoms with Crippen molar-refractivity contribution in [3.05, 3.63) is 35.4 Å². The number of nitrogens with one attached hydrogen (secondary N) is 2. The molecule has 1 saturated heterocycles. The van der Waals surface area contributed by atoms with Gasteiger partial charge in [0.05, 0.1) is 12.6 Å². The van der Waals surface area contributed by atoms with Crippen molar-refractivity contribution in [3.63, 3.8) is 0 Å². The third-order valence-corrected chi connectivity index (χ3v) is 3.75. The second-order valence-corrected chi connectivity index (χ2v) is 5.28. The minimum Gasteiger partial charge on any atom is -0.380 e. The third kappa shape index (κ3) is 4.32. The predicted octanol–water partition coefficient (Wildman–Crippen LogP) is 1.98. The maximum absolute atomic E-state index is 12.2. The van der Waals surface area contributed by atoms with E-state index in [1.165, 1.54) is 12.8 Å². The number of amides is 1. The van der Waals surface area contributed by atoms with Crippen molar-refractivity contribution in [1.82, 2.24) is 10.6 Å². The van der Waals surface area contributed by atoms with Gasteiger partial charge >= 0.3 is 0 Å². The molecule has 0 aliphatic carbocycles. The average molecular weight is 276 g/mol. The van der Waals surface area contributed by atoms with Crippen LogP contribution in [0.25, 0.3) is 0 Å². The summed E-state index contributed by atoms with van der Waals surface area (Å²) in [6, 6.07) is 8.02. The summed E-state index contributed by atoms with van der Waals surface area (Å²) in [7, 11) is 1.69. The summed E-state index contributed by atoms with van der Waals surface area (Å²) in [5.41, 5.74) is 2.25. The first-order chi connectivity index (χ1) is 9.81. The number of rotatable bonds is 5. The Hall–Kier alpha value is -1.39. The van der Waals surface area contributed by atoms with Crippen LogP contribution in [-0.2, 0) is 22.7 Å². The molecule has 0 saturated carbocycles. The van der Waals surface area contributed by atoms with Gasteiger partial charge in [-0.2, -0.15) is 0 Å². The summed E-state index contributed by atoms with van der Waals surface area (Å²) < 4.78 is 5.18. The molecule has 1 aliphatic heterocycles. The van der Waals surface area contributed by atoms with Crippen molar-refractivity contribution in [2.45, 2.75) is 44.9 Å². The number of benzene rings is 1. The van der Waals surface area contributed by atoms with Crippen molar-refractivity contribution in [2.75, 3.05) is 13.7 Å². The molecule has 1 aromatic rings. The molecule has 110 valence electrons. The second-order valence-electron chi connectivity index (χ2n) is 5.28. The molecule has 2 N–H and O–H groups in total. The van der Waals surface area contributed by atoms with Crippen molar-refractivity contribution in [2.24, 2.45) is 0 Å². The normalized spacial score (nSPS) is 19.4. The molecule has 1 aromatic carbocycles. The molecule has 1 aliphatic rings. The summed E-state index contributed by atoms with van der Waals surface area (Å²) in [5, 5.41) is 6.36. The summed E-state index contributed by atoms with van der Waals surface area (Å²) in [6.45, 7) is 2.09. The van der Waals surface area contributed by atoms with Crippen LogP contribution in [0.3, 0.4) is 0 Å². The lowest BCUT2D eigenvalue weighted by Gasteiger charge is -2.16. The highest BCUT2D eigenvalue weighted by molar-refractivity contribution is 5.81. The summed E-state index contributed by atoms with van der Waals surface area (Å²) in [5.74, 6) is 0.110. The van der Waals surface area contributed by atoms with Crippen LogP contribution in [0.5, 0.6) is 0 Å². The molecule has 1 unspecified atom stereocenters. The molecular formula is C16H24N2O2. The molecule has 0 spiro atoms. The molecule has 1 amide bonds. The smallest absolute Gasteiger partial charge is 0.237 e. The topological polar surface area (TPSA) is 50.4 Å². The van der Waals surface area contributed by atoms with E-state index in [9.17, 15) is 4.79 Å². The van der Waals surface area contributed by atoms with E-state index in [0.29, 0.717) is 13.2 Å². The number of hydrogen-bond acceptors (Lipinski definition) is 3. The van der Waals surface area contributed by atoms with Crippen LogP contribution in [0.1, 0.15) is 36.8 Å². The zero-order valence-electron chi connectivity index (χ0n) is 12.2. The predicted molar refractivity (Wildman–Crippen MR) is 79.3 cm³/mol. The molecule has 2 rings (SSSR count). The molecule has 0 radical (unpaired) electrons. The van der Waals surface area contributed by atoms with E-state index in [0.717, 1.165) is 30.5 Å². The minimum atomic E-state index is -0.0351. The Morgan fingerprint density at radius 2 is 2.10 bits per heavy atom. The number of ether oxygens (including phenoxy) is 1. The van der Waals surface area contributed by atoms with Gasteiger partial charge in [-0.1, -0.05) is 37.1 Å². The highest BCUT2D eigenvalue weighted by atomic mass is 16.5. The summed E-state index contributed by atoms with van der Waals surface area (Å²) in [6.07, 6.45) is 4.45. The fourth-order valence-electron chi connectivity index (χ4n) is 2.58. The highest BCUT2D eigenvalue weighted by Crippen LogP contribution is 2.11. The van der Waals surface area contributed by atoms with E-state index in [1.807, 2.05) is 24.3 Å². The lowest BCUT2D eigenvalue weighted by Crippen LogP contribution is -2.43. The van der Waals surface area contributed by atoms with Crippen molar-refractivity contribution < 1.29 is 9.53 Å². The summed E-state index contributed by atoms with van der Waals surface area (Å²) in [4.78, 5) is 12.2. The molecule has 1 heterocycles. The van der Waals surface area contributed by atoms with Gasteiger partial charge in [0.25, 0.3) is 0 Å². The number of carbonyl (C=O) groups excluding carboxylic acids is 1. The zero-order valence-corrected chi connectivity index (χ0v) is 12.2. The maximum atomic E-state index is 12.2. The molecule has 4 nitrogen and oxygen atoms in total. The van der Waals surface area contributed by atoms with Crippen LogP contribution in [0, 0.1) is 0 Å². The number of carbonyl (C=O) groups is 1. The Morgan fingerprint density at radius 3 is 2.90 bits per heavy atom. The van der Waals surface area contributed by atoms with Crippen LogP contribution >= 0.6 is 0 Å². The first kappa shape index (κ1) is 15.0. The highest BCUT2D eigenvalue weighted by Gasteiger charge is 2.19. The lowest BCUT2D eigenvalue weighted by molar-refractivity contribution is -0.123. The van der Waals surface area contributed by atoms with Crippen LogP contribution in [-0.4, -0.2) is 25.6 Å². The Balaban J connectivity index is 1.89. The molecule has 0 aromatic heterocycles. The average Bonchev–Trinajstić information content (AvgIpc) is 2.75. The van der Waals surface area contributed by atoms with Crippen molar-refractivity contribution in [3.8, 4) is 0 Å². The van der Waals surface area contributed by atoms with Gasteiger partial charge in [-0.3, -0.25) is 4.79 Å². The maximum Gasteiger partial charge on any atom is 0.237 e. The van der Waals surface area contributed by atoms with Gasteiger partial charge in [0.15, 0.2) is 0 Å². The van der Waals surface area contributed by atoms with Gasteiger partial charge in [0.2, 0.25) is 5.91 Å². The molecule has 20 heavy (non-hydrogen) atoms. The lowest BCUT2D eigenvalue weighted by atomic mass is 10.1. The fourth-order valence-corrected chi connectivity index (χ4v) is 2.58. The van der Waals surface area contributed by atoms with Gasteiger partial charge in [0, 0.05) is 13.7 Å². The number of hydrogen-bond donors (Lipinski definition) is 2. The third-order valence-electron chi connectivity index (χ3n) is 3.75. The van der Waals surface area contributed by atoms with Gasteiger partial charge in [-0.25, -0.2) is 0 Å². The Labute approximate surface area is 120 Å². The van der Waals surface area contributed by atoms with E-state index in [4.69, 9.17) is 4.74 Å². The van der Waals surface area contributed by atoms with Crippen molar-refractivity contribution in [1.29, 1.82) is 0 Å². The Bertz CT molecular complexity index is 426. The van der Waals surface area contributed by atoms with Gasteiger partial charge in [-0.15, -0.1) is 0 Å². The van der Waals surface area contributed by atoms with E-state index in [2.05, 4.69) is 10.6 Å². The Morgan fingerprint density at radius 1 is 1.30 bits per heavy atom. The first-order valence-corrected chi connectivity index (χ1v) is 7.38. The molecule has 0 bridgehead atoms. The monoisotopic (exact) mass is 276 g/mol. The molecule has 1 fully saturated rings. The SMILES string of the molecule is COCc1ccccc1CNC(=O)C1CCCCCN1. The fraction of sp³-hybridized carbons (Fsp3) is 0.562. The van der Waals surface area contributed by atoms with Crippen molar-refractivity contribution >= 4 is 5.91 Å². The van der Waals surface area contributed by atoms with E-state index in [1.54, 1.807) is 7.11 Å². The minimum absolute atomic E-state index is 0.0351. The quantitative estimate of drug-likeness (QED) is 0.864. The van der Waals surface area contributed by atoms with Crippen LogP contribution in [0.2, 0.25) is 0 Å². The van der Waals surface area contributed by atoms with Crippen LogP contribution in [0.15, 0.2) is 24.3 Å². The summed E-state index contributed by atoms with van der Waals surface area (Å²) >= 11 is 0. The Kier molecular flexibility index (Phi) is 6.02. The first-order valence-electron chi connectivity index (χ1n) is 7.38. The number of methoxy groups -OCH3 is 1. The van der Waals surface area contributed by atoms with Gasteiger partial charge < -0.3 is 15.4 Å². The second kappa shape index (κ2) is 8.02. The van der Waals surface area contributed by atoms with E-state index >= 15 is 0 Å². The molecular weight excluding hydrogens is 252 g/mol. The van der Waals surface area contributed by atoms with E-state index in [-0.39, 0.29) is 11.9 Å². The zero-order chi connectivity index (χ0) is 14.2. The van der Waals surface area contributed by atoms with E-state index < -0.39 is 0 Å². The van der Waals surface area contributed by atoms with Gasteiger partial charge in [-0.05, 0) is 30.5 Å². The van der Waals surface area contributed by atoms with Crippen LogP contribution < -0.4 is 10.6 Å². The standard InChI is InChI=1S/C16H24N2O2/c1-20-12-14-8-5-4-7-13(14)11-18-16(19)15-9-3-2-6-10-17-15/h4-5,7-8,15,17H,2-3,6,9-12H2,1H3,(H,18,19). The largest absolute Gasteiger partial charge is 0.380 e. The van der Waals surface area contributed by atoms with Crippen LogP contribution in [0.4, 0.5) is 0 Å². The van der Waals surface area contributed by atoms with Gasteiger partial charge in [0.1, 0.15) is 0 Å². The molecule has 1 atom stereocenters. The molecule has 4 heteroatoms.